The largest absolute Gasteiger partial charge is 0.507 e. The van der Waals surface area contributed by atoms with E-state index in [0.717, 1.165) is 35.4 Å². The van der Waals surface area contributed by atoms with E-state index in [-0.39, 0.29) is 30.0 Å². The van der Waals surface area contributed by atoms with E-state index in [0.29, 0.717) is 29.8 Å². The zero-order valence-electron chi connectivity index (χ0n) is 19.3. The predicted molar refractivity (Wildman–Crippen MR) is 126 cm³/mol. The van der Waals surface area contributed by atoms with Gasteiger partial charge in [0.1, 0.15) is 18.3 Å². The molecule has 6 heteroatoms. The molecule has 2 aliphatic rings. The maximum atomic E-state index is 13.2. The molecule has 1 N–H and O–H groups in total. The molecule has 5 nitrogen and oxygen atoms in total. The minimum atomic E-state index is -0.371. The van der Waals surface area contributed by atoms with Crippen molar-refractivity contribution >= 4 is 11.3 Å². The van der Waals surface area contributed by atoms with Crippen molar-refractivity contribution in [3.8, 4) is 5.75 Å². The van der Waals surface area contributed by atoms with Crippen LogP contribution >= 0.6 is 11.3 Å². The summed E-state index contributed by atoms with van der Waals surface area (Å²) in [4.78, 5) is 15.4. The molecular weight excluding hydrogens is 424 g/mol. The zero-order chi connectivity index (χ0) is 22.5. The van der Waals surface area contributed by atoms with Crippen molar-refractivity contribution in [2.24, 2.45) is 11.8 Å². The molecule has 0 aromatic carbocycles. The summed E-state index contributed by atoms with van der Waals surface area (Å²) in [5, 5.41) is 11.0. The van der Waals surface area contributed by atoms with Gasteiger partial charge in [0, 0.05) is 34.8 Å². The Bertz CT molecular complexity index is 923. The lowest BCUT2D eigenvalue weighted by Crippen LogP contribution is -2.18. The molecule has 2 fully saturated rings. The van der Waals surface area contributed by atoms with E-state index >= 15 is 0 Å². The van der Waals surface area contributed by atoms with Gasteiger partial charge >= 0.3 is 5.63 Å². The Kier molecular flexibility index (Phi) is 8.08. The van der Waals surface area contributed by atoms with E-state index in [1.807, 2.05) is 6.07 Å². The number of ether oxygens (including phenoxy) is 2. The van der Waals surface area contributed by atoms with Gasteiger partial charge in [0.25, 0.3) is 0 Å². The summed E-state index contributed by atoms with van der Waals surface area (Å²) in [6, 6.07) is 5.83. The van der Waals surface area contributed by atoms with E-state index < -0.39 is 0 Å². The molecule has 0 spiro atoms. The van der Waals surface area contributed by atoms with Gasteiger partial charge < -0.3 is 19.0 Å². The second-order valence-electron chi connectivity index (χ2n) is 9.45. The first-order valence-corrected chi connectivity index (χ1v) is 12.9. The minimum Gasteiger partial charge on any atom is -0.507 e. The van der Waals surface area contributed by atoms with Gasteiger partial charge in [0.2, 0.25) is 0 Å². The zero-order valence-corrected chi connectivity index (χ0v) is 20.1. The Hall–Kier alpha value is -1.63. The molecule has 2 saturated carbocycles. The molecule has 4 rings (SSSR count). The molecule has 0 saturated heterocycles. The maximum absolute atomic E-state index is 13.2. The highest BCUT2D eigenvalue weighted by atomic mass is 32.1. The Morgan fingerprint density at radius 1 is 1.19 bits per heavy atom. The summed E-state index contributed by atoms with van der Waals surface area (Å²) in [6.45, 7) is 2.88. The van der Waals surface area contributed by atoms with E-state index in [2.05, 4.69) is 13.0 Å². The van der Waals surface area contributed by atoms with Crippen molar-refractivity contribution in [1.29, 1.82) is 0 Å². The molecule has 2 atom stereocenters. The van der Waals surface area contributed by atoms with Crippen LogP contribution in [-0.2, 0) is 16.1 Å². The summed E-state index contributed by atoms with van der Waals surface area (Å²) >= 11 is 1.64. The van der Waals surface area contributed by atoms with Crippen molar-refractivity contribution < 1.29 is 19.0 Å². The number of hydrogen-bond donors (Lipinski definition) is 1. The van der Waals surface area contributed by atoms with Crippen LogP contribution in [0.25, 0.3) is 0 Å². The third-order valence-electron chi connectivity index (χ3n) is 7.06. The maximum Gasteiger partial charge on any atom is 0.343 e. The van der Waals surface area contributed by atoms with Crippen LogP contribution < -0.4 is 5.63 Å². The van der Waals surface area contributed by atoms with Crippen LogP contribution in [-0.4, -0.2) is 19.0 Å². The fourth-order valence-electron chi connectivity index (χ4n) is 5.21. The summed E-state index contributed by atoms with van der Waals surface area (Å²) in [6.07, 6.45) is 10.6. The third-order valence-corrected chi connectivity index (χ3v) is 8.20. The Labute approximate surface area is 194 Å². The van der Waals surface area contributed by atoms with Crippen LogP contribution in [0.2, 0.25) is 0 Å². The Morgan fingerprint density at radius 2 is 1.97 bits per heavy atom. The SMILES string of the molecule is CCC(CC1CCCCC1)c1cc(O)c(C(c2ccc(COCOC)s2)C2CC2)c(=O)o1. The lowest BCUT2D eigenvalue weighted by molar-refractivity contribution is -0.0381. The molecule has 0 radical (unpaired) electrons. The molecule has 176 valence electrons. The minimum absolute atomic E-state index is 0.0980. The first-order chi connectivity index (χ1) is 15.6. The molecule has 2 heterocycles. The topological polar surface area (TPSA) is 68.9 Å². The van der Waals surface area contributed by atoms with Gasteiger partial charge in [-0.05, 0) is 49.7 Å². The van der Waals surface area contributed by atoms with Crippen LogP contribution in [0, 0.1) is 11.8 Å². The van der Waals surface area contributed by atoms with Crippen molar-refractivity contribution in [2.75, 3.05) is 13.9 Å². The molecule has 0 bridgehead atoms. The highest BCUT2D eigenvalue weighted by Crippen LogP contribution is 2.49. The number of aromatic hydroxyl groups is 1. The quantitative estimate of drug-likeness (QED) is 0.305. The first-order valence-electron chi connectivity index (χ1n) is 12.1. The standard InChI is InChI=1S/C26H36O5S/c1-3-18(13-17-7-5-4-6-8-17)22-14-21(27)25(26(28)31-22)24(19-9-10-19)23-12-11-20(32-23)15-30-16-29-2/h11-12,14,17-19,24,27H,3-10,13,15-16H2,1-2H3. The van der Waals surface area contributed by atoms with Gasteiger partial charge in [-0.25, -0.2) is 4.79 Å². The van der Waals surface area contributed by atoms with E-state index in [4.69, 9.17) is 13.9 Å². The van der Waals surface area contributed by atoms with Crippen molar-refractivity contribution in [3.05, 3.63) is 49.7 Å². The average molecular weight is 461 g/mol. The van der Waals surface area contributed by atoms with Gasteiger partial charge in [0.15, 0.2) is 0 Å². The number of hydrogen-bond acceptors (Lipinski definition) is 6. The average Bonchev–Trinajstić information content (AvgIpc) is 3.53. The third kappa shape index (κ3) is 5.64. The molecule has 0 aliphatic heterocycles. The van der Waals surface area contributed by atoms with Gasteiger partial charge in [-0.1, -0.05) is 39.0 Å². The fourth-order valence-corrected chi connectivity index (χ4v) is 6.36. The van der Waals surface area contributed by atoms with E-state index in [1.54, 1.807) is 24.5 Å². The van der Waals surface area contributed by atoms with Crippen LogP contribution in [0.15, 0.2) is 27.4 Å². The predicted octanol–water partition coefficient (Wildman–Crippen LogP) is 6.53. The lowest BCUT2D eigenvalue weighted by atomic mass is 9.81. The summed E-state index contributed by atoms with van der Waals surface area (Å²) in [5.41, 5.74) is 0.0551. The van der Waals surface area contributed by atoms with Crippen molar-refractivity contribution in [2.45, 2.75) is 83.2 Å². The van der Waals surface area contributed by atoms with Gasteiger partial charge in [-0.2, -0.15) is 0 Å². The van der Waals surface area contributed by atoms with Crippen molar-refractivity contribution in [1.82, 2.24) is 0 Å². The summed E-state index contributed by atoms with van der Waals surface area (Å²) in [7, 11) is 1.60. The van der Waals surface area contributed by atoms with E-state index in [9.17, 15) is 9.90 Å². The molecule has 2 unspecified atom stereocenters. The van der Waals surface area contributed by atoms with Crippen LogP contribution in [0.5, 0.6) is 5.75 Å². The molecule has 2 aromatic heterocycles. The number of rotatable bonds is 11. The first kappa shape index (κ1) is 23.5. The normalized spacial score (nSPS) is 19.2. The lowest BCUT2D eigenvalue weighted by Gasteiger charge is -2.25. The fraction of sp³-hybridized carbons (Fsp3) is 0.654. The molecule has 2 aromatic rings. The molecule has 32 heavy (non-hydrogen) atoms. The number of thiophene rings is 1. The van der Waals surface area contributed by atoms with Gasteiger partial charge in [-0.3, -0.25) is 0 Å². The highest BCUT2D eigenvalue weighted by molar-refractivity contribution is 7.12. The van der Waals surface area contributed by atoms with Gasteiger partial charge in [-0.15, -0.1) is 11.3 Å². The van der Waals surface area contributed by atoms with Crippen LogP contribution in [0.3, 0.4) is 0 Å². The smallest absolute Gasteiger partial charge is 0.343 e. The highest BCUT2D eigenvalue weighted by Gasteiger charge is 2.38. The molecular formula is C26H36O5S. The van der Waals surface area contributed by atoms with E-state index in [1.165, 1.54) is 32.1 Å². The summed E-state index contributed by atoms with van der Waals surface area (Å²) in [5.74, 6) is 1.91. The van der Waals surface area contributed by atoms with Crippen LogP contribution in [0.4, 0.5) is 0 Å². The Morgan fingerprint density at radius 3 is 2.62 bits per heavy atom. The summed E-state index contributed by atoms with van der Waals surface area (Å²) < 4.78 is 16.3. The second-order valence-corrected chi connectivity index (χ2v) is 10.7. The van der Waals surface area contributed by atoms with Crippen LogP contribution in [0.1, 0.15) is 97.6 Å². The molecule has 0 amide bonds. The number of methoxy groups -OCH3 is 1. The second kappa shape index (κ2) is 11.0. The molecule has 2 aliphatic carbocycles. The Balaban J connectivity index is 1.56. The van der Waals surface area contributed by atoms with Gasteiger partial charge in [0.05, 0.1) is 12.2 Å². The monoisotopic (exact) mass is 460 g/mol. The van der Waals surface area contributed by atoms with Crippen molar-refractivity contribution in [3.63, 3.8) is 0 Å².